The topological polar surface area (TPSA) is 6.48 Å². The predicted octanol–water partition coefficient (Wildman–Crippen LogP) is 11.7. The molecule has 13 rings (SSSR count). The normalized spacial score (nSPS) is 15.9. The van der Waals surface area contributed by atoms with Crippen LogP contribution in [0.25, 0.3) is 33.4 Å². The summed E-state index contributed by atoms with van der Waals surface area (Å²) in [5.41, 5.74) is 26.0. The van der Waals surface area contributed by atoms with E-state index in [4.69, 9.17) is 0 Å². The maximum Gasteiger partial charge on any atom is 0.333 e. The molecule has 8 aromatic rings. The lowest BCUT2D eigenvalue weighted by Crippen LogP contribution is -2.62. The Bertz CT molecular complexity index is 3000. The van der Waals surface area contributed by atoms with Gasteiger partial charge in [-0.25, -0.2) is 0 Å². The quantitative estimate of drug-likeness (QED) is 0.156. The minimum Gasteiger partial charge on any atom is -0.376 e. The number of rotatable bonds is 1. The molecule has 0 atom stereocenters. The van der Waals surface area contributed by atoms with E-state index in [-0.39, 0.29) is 12.3 Å². The summed E-state index contributed by atoms with van der Waals surface area (Å²) < 4.78 is 0. The van der Waals surface area contributed by atoms with E-state index >= 15 is 0 Å². The van der Waals surface area contributed by atoms with Crippen molar-refractivity contribution in [1.29, 1.82) is 0 Å². The van der Waals surface area contributed by atoms with Gasteiger partial charge >= 0.3 is 6.85 Å². The maximum atomic E-state index is 2.67. The lowest BCUT2D eigenvalue weighted by molar-refractivity contribution is 0.660. The molecule has 0 bridgehead atoms. The second-order valence-electron chi connectivity index (χ2n) is 16.9. The summed E-state index contributed by atoms with van der Waals surface area (Å²) in [5.74, 6) is 0. The lowest BCUT2D eigenvalue weighted by Gasteiger charge is -2.51. The van der Waals surface area contributed by atoms with Gasteiger partial charge in [0.05, 0.1) is 11.1 Å². The molecule has 0 unspecified atom stereocenters. The van der Waals surface area contributed by atoms with Crippen molar-refractivity contribution >= 4 is 46.2 Å². The molecule has 0 amide bonds. The van der Waals surface area contributed by atoms with Crippen molar-refractivity contribution in [3.63, 3.8) is 0 Å². The minimum absolute atomic E-state index is 0.0409. The molecule has 0 N–H and O–H groups in total. The van der Waals surface area contributed by atoms with E-state index in [1.54, 1.807) is 0 Å². The highest BCUT2D eigenvalue weighted by Gasteiger charge is 2.55. The number of hydrogen-bond donors (Lipinski definition) is 0. The molecule has 5 aliphatic rings. The second kappa shape index (κ2) is 10.4. The average Bonchev–Trinajstić information content (AvgIpc) is 3.65. The van der Waals surface area contributed by atoms with Gasteiger partial charge in [0.2, 0.25) is 0 Å². The van der Waals surface area contributed by atoms with Crippen LogP contribution in [0.2, 0.25) is 0 Å². The van der Waals surface area contributed by atoms with Crippen LogP contribution in [-0.4, -0.2) is 6.85 Å². The Morgan fingerprint density at radius 1 is 0.429 bits per heavy atom. The van der Waals surface area contributed by atoms with Crippen LogP contribution in [0, 0.1) is 6.92 Å². The monoisotopic (exact) mass is 712 g/mol. The largest absolute Gasteiger partial charge is 0.376 e. The molecule has 0 radical (unpaired) electrons. The summed E-state index contributed by atoms with van der Waals surface area (Å²) in [5, 5.41) is 0. The standard InChI is InChI=1S/C53H37BN2/c1-32-28-39-38-30-37-36-20-7-10-21-40(36)52(2,3)45(37)31-48(38)56(33-16-5-4-6-17-33)54-46-26-15-25-44-51(46)55(49(29-32)50(39)54)47-27-14-13-24-43(47)53(44)41-22-11-8-18-34(41)35-19-9-12-23-42(35)53/h4-31H,1-3H3. The van der Waals surface area contributed by atoms with Gasteiger partial charge in [-0.3, -0.25) is 0 Å². The Labute approximate surface area is 328 Å². The van der Waals surface area contributed by atoms with Crippen LogP contribution in [0.3, 0.4) is 0 Å². The van der Waals surface area contributed by atoms with Crippen molar-refractivity contribution in [2.24, 2.45) is 0 Å². The van der Waals surface area contributed by atoms with Crippen molar-refractivity contribution in [1.82, 2.24) is 0 Å². The highest BCUT2D eigenvalue weighted by molar-refractivity contribution is 6.93. The van der Waals surface area contributed by atoms with Gasteiger partial charge in [-0.05, 0) is 121 Å². The van der Waals surface area contributed by atoms with E-state index in [9.17, 15) is 0 Å². The first-order valence-corrected chi connectivity index (χ1v) is 20.0. The first-order valence-electron chi connectivity index (χ1n) is 20.0. The number of fused-ring (bicyclic) bond motifs is 16. The van der Waals surface area contributed by atoms with Crippen molar-refractivity contribution < 1.29 is 0 Å². The maximum absolute atomic E-state index is 2.67. The van der Waals surface area contributed by atoms with Gasteiger partial charge in [-0.2, -0.15) is 0 Å². The van der Waals surface area contributed by atoms with E-state index in [0.717, 1.165) is 0 Å². The Kier molecular flexibility index (Phi) is 5.69. The molecule has 56 heavy (non-hydrogen) atoms. The first kappa shape index (κ1) is 30.7. The summed E-state index contributed by atoms with van der Waals surface area (Å²) in [4.78, 5) is 5.31. The van der Waals surface area contributed by atoms with Crippen molar-refractivity contribution in [2.75, 3.05) is 9.71 Å². The number of anilines is 5. The third-order valence-electron chi connectivity index (χ3n) is 13.8. The fourth-order valence-corrected chi connectivity index (χ4v) is 11.7. The molecule has 0 fully saturated rings. The molecule has 3 heteroatoms. The fraction of sp³-hybridized carbons (Fsp3) is 0.0943. The zero-order valence-electron chi connectivity index (χ0n) is 31.6. The van der Waals surface area contributed by atoms with Gasteiger partial charge in [0.25, 0.3) is 0 Å². The van der Waals surface area contributed by atoms with E-state index in [2.05, 4.69) is 200 Å². The minimum atomic E-state index is -0.462. The molecule has 0 saturated carbocycles. The SMILES string of the molecule is Cc1cc2c3c(c1)N1c4ccccc4C4(c5ccccc5-c5ccccc54)c4cccc(c41)B3N(c1ccccc1)c1cc3c(cc1-2)-c1ccccc1C3(C)C. The molecule has 0 saturated heterocycles. The molecular weight excluding hydrogens is 675 g/mol. The van der Waals surface area contributed by atoms with Gasteiger partial charge in [0.15, 0.2) is 0 Å². The van der Waals surface area contributed by atoms with Gasteiger partial charge in [-0.15, -0.1) is 0 Å². The molecule has 3 heterocycles. The molecule has 1 spiro atoms. The average molecular weight is 713 g/mol. The zero-order chi connectivity index (χ0) is 37.1. The van der Waals surface area contributed by atoms with Crippen molar-refractivity contribution in [3.8, 4) is 33.4 Å². The molecule has 262 valence electrons. The smallest absolute Gasteiger partial charge is 0.333 e. The highest BCUT2D eigenvalue weighted by Crippen LogP contribution is 2.64. The third-order valence-corrected chi connectivity index (χ3v) is 13.8. The van der Waals surface area contributed by atoms with Gasteiger partial charge in [0, 0.05) is 33.7 Å². The Hall–Kier alpha value is -6.58. The van der Waals surface area contributed by atoms with E-state index in [0.29, 0.717) is 0 Å². The van der Waals surface area contributed by atoms with Crippen LogP contribution >= 0.6 is 0 Å². The van der Waals surface area contributed by atoms with Crippen molar-refractivity contribution in [2.45, 2.75) is 31.6 Å². The summed E-state index contributed by atoms with van der Waals surface area (Å²) in [6, 6.07) is 64.9. The molecule has 8 aromatic carbocycles. The van der Waals surface area contributed by atoms with E-state index in [1.165, 1.54) is 112 Å². The van der Waals surface area contributed by atoms with Crippen LogP contribution in [-0.2, 0) is 10.8 Å². The molecule has 0 aromatic heterocycles. The third kappa shape index (κ3) is 3.48. The van der Waals surface area contributed by atoms with Crippen LogP contribution < -0.4 is 20.6 Å². The highest BCUT2D eigenvalue weighted by atomic mass is 15.2. The summed E-state index contributed by atoms with van der Waals surface area (Å²) >= 11 is 0. The van der Waals surface area contributed by atoms with Crippen LogP contribution in [0.15, 0.2) is 170 Å². The second-order valence-corrected chi connectivity index (χ2v) is 16.9. The molecule has 2 aliphatic carbocycles. The molecule has 3 aliphatic heterocycles. The van der Waals surface area contributed by atoms with Gasteiger partial charge in [-0.1, -0.05) is 147 Å². The van der Waals surface area contributed by atoms with E-state index in [1.807, 2.05) is 0 Å². The number of benzene rings is 8. The number of aryl methyl sites for hydroxylation is 1. The Morgan fingerprint density at radius 3 is 1.77 bits per heavy atom. The fourth-order valence-electron chi connectivity index (χ4n) is 11.7. The summed E-state index contributed by atoms with van der Waals surface area (Å²) in [6.45, 7) is 7.04. The summed E-state index contributed by atoms with van der Waals surface area (Å²) in [6.07, 6.45) is 0. The number of nitrogens with zero attached hydrogens (tertiary/aromatic N) is 2. The van der Waals surface area contributed by atoms with Crippen molar-refractivity contribution in [3.05, 3.63) is 209 Å². The predicted molar refractivity (Wildman–Crippen MR) is 233 cm³/mol. The van der Waals surface area contributed by atoms with Crippen LogP contribution in [0.1, 0.15) is 52.8 Å². The number of hydrogen-bond acceptors (Lipinski definition) is 2. The zero-order valence-corrected chi connectivity index (χ0v) is 31.6. The Morgan fingerprint density at radius 2 is 1.04 bits per heavy atom. The van der Waals surface area contributed by atoms with Gasteiger partial charge in [0.1, 0.15) is 0 Å². The van der Waals surface area contributed by atoms with E-state index < -0.39 is 5.41 Å². The van der Waals surface area contributed by atoms with Gasteiger partial charge < -0.3 is 9.71 Å². The van der Waals surface area contributed by atoms with Crippen LogP contribution in [0.5, 0.6) is 0 Å². The molecule has 2 nitrogen and oxygen atoms in total. The first-order chi connectivity index (χ1) is 27.5. The van der Waals surface area contributed by atoms with Crippen LogP contribution in [0.4, 0.5) is 28.4 Å². The number of para-hydroxylation sites is 3. The lowest BCUT2D eigenvalue weighted by atomic mass is 9.42. The Balaban J connectivity index is 1.18. The molecular formula is C53H37BN2. The summed E-state index contributed by atoms with van der Waals surface area (Å²) in [7, 11) is 0.